The summed E-state index contributed by atoms with van der Waals surface area (Å²) < 4.78 is 14.9. The summed E-state index contributed by atoms with van der Waals surface area (Å²) in [7, 11) is 0. The molecule has 0 aliphatic rings. The van der Waals surface area contributed by atoms with Crippen molar-refractivity contribution in [2.45, 2.75) is 46.5 Å². The van der Waals surface area contributed by atoms with Crippen LogP contribution >= 0.6 is 0 Å². The van der Waals surface area contributed by atoms with Crippen LogP contribution < -0.4 is 5.73 Å². The van der Waals surface area contributed by atoms with Gasteiger partial charge in [0.1, 0.15) is 5.82 Å². The molecule has 21 heavy (non-hydrogen) atoms. The van der Waals surface area contributed by atoms with E-state index in [0.717, 1.165) is 11.1 Å². The van der Waals surface area contributed by atoms with Crippen LogP contribution in [0.15, 0.2) is 35.5 Å². The summed E-state index contributed by atoms with van der Waals surface area (Å²) in [5.41, 5.74) is 8.59. The predicted molar refractivity (Wildman–Crippen MR) is 89.9 cm³/mol. The van der Waals surface area contributed by atoms with E-state index in [1.165, 1.54) is 6.21 Å². The van der Waals surface area contributed by atoms with Gasteiger partial charge in [0, 0.05) is 17.5 Å². The molecule has 0 unspecified atom stereocenters. The van der Waals surface area contributed by atoms with Gasteiger partial charge in [-0.15, -0.1) is 0 Å². The molecule has 0 atom stereocenters. The number of benzene rings is 1. The maximum absolute atomic E-state index is 14.9. The van der Waals surface area contributed by atoms with E-state index in [2.05, 4.69) is 32.3 Å². The van der Waals surface area contributed by atoms with E-state index in [1.54, 1.807) is 12.1 Å². The van der Waals surface area contributed by atoms with Crippen LogP contribution in [0.25, 0.3) is 5.70 Å². The molecule has 0 amide bonds. The SMILES string of the molecule is C=C(N)/C=N\C(=C/C)c1ccc(C(C)(C)C)c(CC)c1F. The molecule has 114 valence electrons. The van der Waals surface area contributed by atoms with Gasteiger partial charge in [-0.05, 0) is 36.0 Å². The molecule has 0 saturated heterocycles. The molecule has 2 N–H and O–H groups in total. The summed E-state index contributed by atoms with van der Waals surface area (Å²) in [5, 5.41) is 0. The molecule has 0 aliphatic heterocycles. The summed E-state index contributed by atoms with van der Waals surface area (Å²) in [5.74, 6) is -0.196. The lowest BCUT2D eigenvalue weighted by atomic mass is 9.82. The molecule has 1 aromatic carbocycles. The zero-order valence-electron chi connectivity index (χ0n) is 13.6. The fourth-order valence-corrected chi connectivity index (χ4v) is 2.32. The fraction of sp³-hybridized carbons (Fsp3) is 0.389. The largest absolute Gasteiger partial charge is 0.398 e. The molecule has 0 radical (unpaired) electrons. The minimum atomic E-state index is -0.196. The van der Waals surface area contributed by atoms with Crippen molar-refractivity contribution in [2.75, 3.05) is 0 Å². The Labute approximate surface area is 127 Å². The molecule has 3 heteroatoms. The average molecular weight is 288 g/mol. The molecule has 0 aliphatic carbocycles. The molecule has 0 bridgehead atoms. The van der Waals surface area contributed by atoms with Gasteiger partial charge >= 0.3 is 0 Å². The third-order valence-electron chi connectivity index (χ3n) is 3.32. The molecule has 0 heterocycles. The summed E-state index contributed by atoms with van der Waals surface area (Å²) in [6.45, 7) is 13.6. The number of aliphatic imine (C=N–C) groups is 1. The standard InChI is InChI=1S/C18H25FN2/c1-7-13-15(18(4,5)6)10-9-14(17(13)19)16(8-2)21-11-12(3)20/h8-11H,3,7,20H2,1-2,4-6H3/b16-8-,21-11-. The van der Waals surface area contributed by atoms with Crippen LogP contribution in [0.3, 0.4) is 0 Å². The number of halogens is 1. The van der Waals surface area contributed by atoms with Crippen LogP contribution in [0, 0.1) is 5.82 Å². The number of nitrogens with two attached hydrogens (primary N) is 1. The second kappa shape index (κ2) is 6.70. The van der Waals surface area contributed by atoms with Crippen molar-refractivity contribution < 1.29 is 4.39 Å². The van der Waals surface area contributed by atoms with Gasteiger partial charge < -0.3 is 5.73 Å². The van der Waals surface area contributed by atoms with Crippen molar-refractivity contribution in [3.8, 4) is 0 Å². The first kappa shape index (κ1) is 17.2. The first-order valence-electron chi connectivity index (χ1n) is 7.19. The highest BCUT2D eigenvalue weighted by molar-refractivity contribution is 5.83. The van der Waals surface area contributed by atoms with Gasteiger partial charge in [0.2, 0.25) is 0 Å². The van der Waals surface area contributed by atoms with E-state index in [-0.39, 0.29) is 11.2 Å². The van der Waals surface area contributed by atoms with Crippen molar-refractivity contribution in [3.63, 3.8) is 0 Å². The predicted octanol–water partition coefficient (Wildman–Crippen LogP) is 4.59. The zero-order valence-corrected chi connectivity index (χ0v) is 13.6. The summed E-state index contributed by atoms with van der Waals surface area (Å²) in [6, 6.07) is 3.79. The number of hydrogen-bond donors (Lipinski definition) is 1. The Bertz CT molecular complexity index is 590. The van der Waals surface area contributed by atoms with Gasteiger partial charge in [-0.25, -0.2) is 4.39 Å². The Balaban J connectivity index is 3.44. The minimum Gasteiger partial charge on any atom is -0.398 e. The third kappa shape index (κ3) is 4.03. The van der Waals surface area contributed by atoms with E-state index < -0.39 is 0 Å². The number of nitrogens with zero attached hydrogens (tertiary/aromatic N) is 1. The topological polar surface area (TPSA) is 38.4 Å². The maximum atomic E-state index is 14.9. The molecule has 0 spiro atoms. The first-order valence-corrected chi connectivity index (χ1v) is 7.19. The van der Waals surface area contributed by atoms with Crippen molar-refractivity contribution in [1.29, 1.82) is 0 Å². The Hall–Kier alpha value is -1.90. The van der Waals surface area contributed by atoms with Crippen molar-refractivity contribution in [1.82, 2.24) is 0 Å². The smallest absolute Gasteiger partial charge is 0.136 e. The number of rotatable bonds is 4. The van der Waals surface area contributed by atoms with Gasteiger partial charge in [0.25, 0.3) is 0 Å². The molecule has 0 saturated carbocycles. The number of hydrogen-bond acceptors (Lipinski definition) is 2. The van der Waals surface area contributed by atoms with Gasteiger partial charge in [-0.1, -0.05) is 46.4 Å². The molecule has 2 nitrogen and oxygen atoms in total. The highest BCUT2D eigenvalue weighted by atomic mass is 19.1. The highest BCUT2D eigenvalue weighted by Gasteiger charge is 2.22. The van der Waals surface area contributed by atoms with Gasteiger partial charge in [0.05, 0.1) is 5.70 Å². The molecule has 0 aromatic heterocycles. The Morgan fingerprint density at radius 1 is 1.38 bits per heavy atom. The zero-order chi connectivity index (χ0) is 16.2. The molecule has 0 fully saturated rings. The number of allylic oxidation sites excluding steroid dienone is 2. The fourth-order valence-electron chi connectivity index (χ4n) is 2.32. The Morgan fingerprint density at radius 3 is 2.43 bits per heavy atom. The lowest BCUT2D eigenvalue weighted by Gasteiger charge is -2.24. The van der Waals surface area contributed by atoms with Crippen molar-refractivity contribution in [3.05, 3.63) is 53.0 Å². The average Bonchev–Trinajstić information content (AvgIpc) is 2.39. The van der Waals surface area contributed by atoms with Crippen LogP contribution in [0.1, 0.15) is 51.3 Å². The lowest BCUT2D eigenvalue weighted by molar-refractivity contribution is 0.555. The van der Waals surface area contributed by atoms with E-state index in [9.17, 15) is 4.39 Å². The Kier molecular flexibility index (Phi) is 5.47. The monoisotopic (exact) mass is 288 g/mol. The third-order valence-corrected chi connectivity index (χ3v) is 3.32. The summed E-state index contributed by atoms with van der Waals surface area (Å²) in [4.78, 5) is 4.21. The summed E-state index contributed by atoms with van der Waals surface area (Å²) >= 11 is 0. The minimum absolute atomic E-state index is 0.0877. The van der Waals surface area contributed by atoms with E-state index >= 15 is 0 Å². The summed E-state index contributed by atoms with van der Waals surface area (Å²) in [6.07, 6.45) is 3.86. The van der Waals surface area contributed by atoms with E-state index in [1.807, 2.05) is 19.9 Å². The van der Waals surface area contributed by atoms with Crippen LogP contribution in [-0.4, -0.2) is 6.21 Å². The first-order chi connectivity index (χ1) is 9.72. The quantitative estimate of drug-likeness (QED) is 0.809. The second-order valence-electron chi connectivity index (χ2n) is 6.06. The molecule has 1 aromatic rings. The van der Waals surface area contributed by atoms with Crippen LogP contribution in [-0.2, 0) is 11.8 Å². The molecule has 1 rings (SSSR count). The molecular formula is C18H25FN2. The van der Waals surface area contributed by atoms with Gasteiger partial charge in [-0.2, -0.15) is 0 Å². The Morgan fingerprint density at radius 2 is 2.00 bits per heavy atom. The lowest BCUT2D eigenvalue weighted by Crippen LogP contribution is -2.16. The maximum Gasteiger partial charge on any atom is 0.136 e. The highest BCUT2D eigenvalue weighted by Crippen LogP contribution is 2.32. The van der Waals surface area contributed by atoms with Crippen molar-refractivity contribution in [2.24, 2.45) is 10.7 Å². The van der Waals surface area contributed by atoms with Gasteiger partial charge in [-0.3, -0.25) is 4.99 Å². The van der Waals surface area contributed by atoms with Crippen LogP contribution in [0.5, 0.6) is 0 Å². The van der Waals surface area contributed by atoms with Crippen LogP contribution in [0.2, 0.25) is 0 Å². The van der Waals surface area contributed by atoms with Crippen LogP contribution in [0.4, 0.5) is 4.39 Å². The molecular weight excluding hydrogens is 263 g/mol. The van der Waals surface area contributed by atoms with Gasteiger partial charge in [0.15, 0.2) is 0 Å². The normalized spacial score (nSPS) is 13.0. The second-order valence-corrected chi connectivity index (χ2v) is 6.06. The van der Waals surface area contributed by atoms with E-state index in [4.69, 9.17) is 5.73 Å². The van der Waals surface area contributed by atoms with E-state index in [0.29, 0.717) is 23.4 Å². The van der Waals surface area contributed by atoms with Crippen molar-refractivity contribution >= 4 is 11.9 Å².